The van der Waals surface area contributed by atoms with Gasteiger partial charge in [-0.25, -0.2) is 0 Å². The first-order valence-electron chi connectivity index (χ1n) is 4.60. The lowest BCUT2D eigenvalue weighted by Crippen LogP contribution is -1.90. The molecule has 0 atom stereocenters. The summed E-state index contributed by atoms with van der Waals surface area (Å²) in [7, 11) is 3.62. The van der Waals surface area contributed by atoms with Gasteiger partial charge in [-0.1, -0.05) is 24.3 Å². The Hall–Kier alpha value is -1.70. The van der Waals surface area contributed by atoms with E-state index in [1.54, 1.807) is 7.11 Å². The zero-order valence-electron chi connectivity index (χ0n) is 8.37. The van der Waals surface area contributed by atoms with E-state index in [2.05, 4.69) is 23.5 Å². The van der Waals surface area contributed by atoms with Crippen molar-refractivity contribution in [3.63, 3.8) is 0 Å². The van der Waals surface area contributed by atoms with Gasteiger partial charge in [-0.2, -0.15) is 0 Å². The maximum atomic E-state index is 5.30. The van der Waals surface area contributed by atoms with Crippen LogP contribution in [0.15, 0.2) is 36.4 Å². The molecule has 0 bridgehead atoms. The molecule has 0 aliphatic rings. The third kappa shape index (κ3) is 1.29. The number of hydrogen-bond acceptors (Lipinski definition) is 2. The summed E-state index contributed by atoms with van der Waals surface area (Å²) in [6.07, 6.45) is 0. The minimum absolute atomic E-state index is 0.916. The standard InChI is InChI=1S/C12H13NO/c1-13-11-7-3-6-10-9(11)5-4-8-12(10)14-2/h3-8,13H,1-2H3. The normalized spacial score (nSPS) is 10.1. The van der Waals surface area contributed by atoms with Gasteiger partial charge in [0, 0.05) is 23.5 Å². The Labute approximate surface area is 83.5 Å². The van der Waals surface area contributed by atoms with Crippen LogP contribution in [0.4, 0.5) is 5.69 Å². The lowest BCUT2D eigenvalue weighted by molar-refractivity contribution is 0.420. The zero-order chi connectivity index (χ0) is 9.97. The predicted octanol–water partition coefficient (Wildman–Crippen LogP) is 2.89. The minimum Gasteiger partial charge on any atom is -0.496 e. The molecule has 2 heteroatoms. The van der Waals surface area contributed by atoms with E-state index >= 15 is 0 Å². The van der Waals surface area contributed by atoms with Gasteiger partial charge >= 0.3 is 0 Å². The summed E-state index contributed by atoms with van der Waals surface area (Å²) in [4.78, 5) is 0. The van der Waals surface area contributed by atoms with E-state index in [9.17, 15) is 0 Å². The molecule has 0 amide bonds. The van der Waals surface area contributed by atoms with E-state index < -0.39 is 0 Å². The molecule has 0 saturated heterocycles. The number of benzene rings is 2. The van der Waals surface area contributed by atoms with Crippen molar-refractivity contribution in [1.29, 1.82) is 0 Å². The van der Waals surface area contributed by atoms with Gasteiger partial charge in [0.1, 0.15) is 5.75 Å². The molecule has 14 heavy (non-hydrogen) atoms. The SMILES string of the molecule is CNc1cccc2c(OC)cccc12. The van der Waals surface area contributed by atoms with E-state index in [4.69, 9.17) is 4.74 Å². The molecular formula is C12H13NO. The summed E-state index contributed by atoms with van der Waals surface area (Å²) in [5.41, 5.74) is 1.13. The molecule has 2 rings (SSSR count). The van der Waals surface area contributed by atoms with Gasteiger partial charge in [-0.15, -0.1) is 0 Å². The Kier molecular flexibility index (Phi) is 2.27. The van der Waals surface area contributed by atoms with Crippen molar-refractivity contribution in [3.8, 4) is 5.75 Å². The van der Waals surface area contributed by atoms with E-state index in [1.165, 1.54) is 5.39 Å². The Balaban J connectivity index is 2.77. The highest BCUT2D eigenvalue weighted by atomic mass is 16.5. The Morgan fingerprint density at radius 2 is 1.71 bits per heavy atom. The van der Waals surface area contributed by atoms with Crippen LogP contribution >= 0.6 is 0 Å². The van der Waals surface area contributed by atoms with Gasteiger partial charge in [-0.3, -0.25) is 0 Å². The van der Waals surface area contributed by atoms with Crippen molar-refractivity contribution in [2.45, 2.75) is 0 Å². The first kappa shape index (κ1) is 8.88. The summed E-state index contributed by atoms with van der Waals surface area (Å²) in [5.74, 6) is 0.916. The topological polar surface area (TPSA) is 21.3 Å². The second-order valence-electron chi connectivity index (χ2n) is 3.11. The maximum absolute atomic E-state index is 5.30. The molecular weight excluding hydrogens is 174 g/mol. The fourth-order valence-corrected chi connectivity index (χ4v) is 1.68. The molecule has 0 aliphatic heterocycles. The third-order valence-corrected chi connectivity index (χ3v) is 2.37. The van der Waals surface area contributed by atoms with Crippen LogP contribution < -0.4 is 10.1 Å². The highest BCUT2D eigenvalue weighted by Crippen LogP contribution is 2.29. The van der Waals surface area contributed by atoms with Gasteiger partial charge in [-0.05, 0) is 12.1 Å². The summed E-state index contributed by atoms with van der Waals surface area (Å²) in [6.45, 7) is 0. The molecule has 0 saturated carbocycles. The molecule has 1 N–H and O–H groups in total. The van der Waals surface area contributed by atoms with Crippen LogP contribution in [0, 0.1) is 0 Å². The highest BCUT2D eigenvalue weighted by molar-refractivity contribution is 5.97. The predicted molar refractivity (Wildman–Crippen MR) is 60.0 cm³/mol. The molecule has 0 spiro atoms. The fraction of sp³-hybridized carbons (Fsp3) is 0.167. The number of methoxy groups -OCH3 is 1. The summed E-state index contributed by atoms with van der Waals surface area (Å²) < 4.78 is 5.30. The van der Waals surface area contributed by atoms with E-state index in [-0.39, 0.29) is 0 Å². The summed E-state index contributed by atoms with van der Waals surface area (Å²) in [5, 5.41) is 5.50. The number of anilines is 1. The number of rotatable bonds is 2. The van der Waals surface area contributed by atoms with Crippen LogP contribution in [0.3, 0.4) is 0 Å². The average molecular weight is 187 g/mol. The summed E-state index contributed by atoms with van der Waals surface area (Å²) in [6, 6.07) is 12.2. The molecule has 0 aliphatic carbocycles. The van der Waals surface area contributed by atoms with Crippen molar-refractivity contribution >= 4 is 16.5 Å². The fourth-order valence-electron chi connectivity index (χ4n) is 1.68. The minimum atomic E-state index is 0.916. The lowest BCUT2D eigenvalue weighted by atomic mass is 10.1. The number of nitrogens with one attached hydrogen (secondary N) is 1. The quantitative estimate of drug-likeness (QED) is 0.780. The first-order chi connectivity index (χ1) is 6.86. The van der Waals surface area contributed by atoms with Gasteiger partial charge in [0.05, 0.1) is 7.11 Å². The number of hydrogen-bond donors (Lipinski definition) is 1. The maximum Gasteiger partial charge on any atom is 0.126 e. The number of fused-ring (bicyclic) bond motifs is 1. The van der Waals surface area contributed by atoms with Crippen molar-refractivity contribution in [1.82, 2.24) is 0 Å². The largest absolute Gasteiger partial charge is 0.496 e. The molecule has 2 nitrogen and oxygen atoms in total. The van der Waals surface area contributed by atoms with Crippen LogP contribution in [-0.4, -0.2) is 14.2 Å². The van der Waals surface area contributed by atoms with Crippen LogP contribution in [0.25, 0.3) is 10.8 Å². The molecule has 0 aromatic heterocycles. The molecule has 2 aromatic carbocycles. The molecule has 0 unspecified atom stereocenters. The Bertz CT molecular complexity index is 408. The second kappa shape index (κ2) is 3.58. The third-order valence-electron chi connectivity index (χ3n) is 2.37. The summed E-state index contributed by atoms with van der Waals surface area (Å²) >= 11 is 0. The number of ether oxygens (including phenoxy) is 1. The lowest BCUT2D eigenvalue weighted by Gasteiger charge is -2.08. The van der Waals surface area contributed by atoms with Crippen molar-refractivity contribution in [2.75, 3.05) is 19.5 Å². The molecule has 72 valence electrons. The molecule has 2 aromatic rings. The highest BCUT2D eigenvalue weighted by Gasteiger charge is 2.02. The smallest absolute Gasteiger partial charge is 0.126 e. The van der Waals surface area contributed by atoms with Gasteiger partial charge in [0.15, 0.2) is 0 Å². The molecule has 0 radical (unpaired) electrons. The van der Waals surface area contributed by atoms with Crippen LogP contribution in [0.1, 0.15) is 0 Å². The van der Waals surface area contributed by atoms with Crippen LogP contribution in [0.5, 0.6) is 5.75 Å². The average Bonchev–Trinajstić information content (AvgIpc) is 2.27. The van der Waals surface area contributed by atoms with Crippen molar-refractivity contribution in [2.24, 2.45) is 0 Å². The monoisotopic (exact) mass is 187 g/mol. The van der Waals surface area contributed by atoms with Gasteiger partial charge in [0.2, 0.25) is 0 Å². The van der Waals surface area contributed by atoms with Crippen LogP contribution in [-0.2, 0) is 0 Å². The van der Waals surface area contributed by atoms with Crippen LogP contribution in [0.2, 0.25) is 0 Å². The van der Waals surface area contributed by atoms with E-state index in [0.29, 0.717) is 0 Å². The second-order valence-corrected chi connectivity index (χ2v) is 3.11. The first-order valence-corrected chi connectivity index (χ1v) is 4.60. The van der Waals surface area contributed by atoms with Crippen molar-refractivity contribution < 1.29 is 4.74 Å². The van der Waals surface area contributed by atoms with Gasteiger partial charge in [0.25, 0.3) is 0 Å². The molecule has 0 heterocycles. The van der Waals surface area contributed by atoms with Gasteiger partial charge < -0.3 is 10.1 Å². The Morgan fingerprint density at radius 3 is 2.43 bits per heavy atom. The Morgan fingerprint density at radius 1 is 1.00 bits per heavy atom. The zero-order valence-corrected chi connectivity index (χ0v) is 8.37. The molecule has 0 fully saturated rings. The van der Waals surface area contributed by atoms with E-state index in [1.807, 2.05) is 25.2 Å². The van der Waals surface area contributed by atoms with E-state index in [0.717, 1.165) is 16.8 Å². The van der Waals surface area contributed by atoms with Crippen molar-refractivity contribution in [3.05, 3.63) is 36.4 Å².